The van der Waals surface area contributed by atoms with Gasteiger partial charge in [-0.05, 0) is 25.1 Å². The first-order valence-corrected chi connectivity index (χ1v) is 4.97. The number of para-hydroxylation sites is 1. The Hall–Kier alpha value is -2.37. The fourth-order valence-electron chi connectivity index (χ4n) is 1.59. The summed E-state index contributed by atoms with van der Waals surface area (Å²) in [5, 5.41) is 15.2. The molecule has 0 aliphatic carbocycles. The number of nitrogens with zero attached hydrogens (tertiary/aromatic N) is 3. The van der Waals surface area contributed by atoms with Crippen molar-refractivity contribution in [2.45, 2.75) is 6.92 Å². The van der Waals surface area contributed by atoms with Crippen LogP contribution >= 0.6 is 0 Å². The Labute approximate surface area is 97.6 Å². The maximum Gasteiger partial charge on any atom is 0.336 e. The monoisotopic (exact) mass is 233 g/mol. The molecule has 0 radical (unpaired) electrons. The van der Waals surface area contributed by atoms with Crippen LogP contribution in [-0.2, 0) is 0 Å². The van der Waals surface area contributed by atoms with E-state index < -0.39 is 4.92 Å². The molecule has 0 atom stereocenters. The number of nitro benzene ring substituents is 1. The van der Waals surface area contributed by atoms with Gasteiger partial charge in [-0.25, -0.2) is 4.68 Å². The Balaban J connectivity index is 2.65. The van der Waals surface area contributed by atoms with E-state index in [9.17, 15) is 10.1 Å². The molecule has 1 heterocycles. The van der Waals surface area contributed by atoms with Gasteiger partial charge in [0.2, 0.25) is 0 Å². The van der Waals surface area contributed by atoms with Gasteiger partial charge < -0.3 is 4.74 Å². The first kappa shape index (κ1) is 11.1. The minimum absolute atomic E-state index is 0.0851. The molecule has 0 spiro atoms. The maximum atomic E-state index is 11.1. The smallest absolute Gasteiger partial charge is 0.336 e. The van der Waals surface area contributed by atoms with Gasteiger partial charge in [-0.1, -0.05) is 6.07 Å². The molecule has 0 bridgehead atoms. The van der Waals surface area contributed by atoms with Crippen molar-refractivity contribution in [3.05, 3.63) is 46.3 Å². The summed E-state index contributed by atoms with van der Waals surface area (Å²) in [5.41, 5.74) is 1.10. The molecule has 6 heteroatoms. The van der Waals surface area contributed by atoms with Gasteiger partial charge in [0.15, 0.2) is 5.75 Å². The van der Waals surface area contributed by atoms with E-state index in [1.807, 2.05) is 6.92 Å². The minimum Gasteiger partial charge on any atom is -0.490 e. The highest BCUT2D eigenvalue weighted by Gasteiger charge is 2.21. The lowest BCUT2D eigenvalue weighted by molar-refractivity contribution is -0.385. The van der Waals surface area contributed by atoms with E-state index in [1.54, 1.807) is 30.5 Å². The molecule has 0 unspecified atom stereocenters. The third-order valence-corrected chi connectivity index (χ3v) is 2.35. The molecular formula is C11H11N3O3. The number of rotatable bonds is 3. The molecule has 2 rings (SSSR count). The van der Waals surface area contributed by atoms with Gasteiger partial charge in [-0.15, -0.1) is 0 Å². The largest absolute Gasteiger partial charge is 0.490 e. The van der Waals surface area contributed by atoms with E-state index >= 15 is 0 Å². The van der Waals surface area contributed by atoms with Gasteiger partial charge in [-0.3, -0.25) is 10.1 Å². The molecule has 1 aromatic heterocycles. The summed E-state index contributed by atoms with van der Waals surface area (Å²) in [5.74, 6) is 0.223. The van der Waals surface area contributed by atoms with Crippen LogP contribution in [0.25, 0.3) is 5.69 Å². The lowest BCUT2D eigenvalue weighted by atomic mass is 10.2. The van der Waals surface area contributed by atoms with Crippen LogP contribution in [0.1, 0.15) is 5.69 Å². The number of methoxy groups -OCH3 is 1. The van der Waals surface area contributed by atoms with Crippen LogP contribution in [0.2, 0.25) is 0 Å². The zero-order valence-corrected chi connectivity index (χ0v) is 9.45. The van der Waals surface area contributed by atoms with Gasteiger partial charge in [-0.2, -0.15) is 5.10 Å². The minimum atomic E-state index is -0.467. The summed E-state index contributed by atoms with van der Waals surface area (Å²) in [4.78, 5) is 10.6. The zero-order chi connectivity index (χ0) is 12.4. The van der Waals surface area contributed by atoms with Crippen molar-refractivity contribution >= 4 is 5.69 Å². The summed E-state index contributed by atoms with van der Waals surface area (Å²) in [7, 11) is 1.40. The van der Waals surface area contributed by atoms with Crippen LogP contribution < -0.4 is 4.74 Å². The lowest BCUT2D eigenvalue weighted by Gasteiger charge is -2.06. The van der Waals surface area contributed by atoms with Crippen LogP contribution in [0, 0.1) is 17.0 Å². The Kier molecular flexibility index (Phi) is 2.78. The van der Waals surface area contributed by atoms with E-state index in [4.69, 9.17) is 4.74 Å². The van der Waals surface area contributed by atoms with Crippen LogP contribution in [0.15, 0.2) is 30.5 Å². The average Bonchev–Trinajstić information content (AvgIpc) is 2.74. The van der Waals surface area contributed by atoms with E-state index in [2.05, 4.69) is 5.10 Å². The SMILES string of the molecule is COc1cccc(-n2ccc(C)n2)c1[N+](=O)[O-]. The fraction of sp³-hybridized carbons (Fsp3) is 0.182. The molecule has 0 saturated carbocycles. The standard InChI is InChI=1S/C11H11N3O3/c1-8-6-7-13(12-8)9-4-3-5-10(17-2)11(9)14(15)16/h3-7H,1-2H3. The Morgan fingerprint density at radius 3 is 2.71 bits per heavy atom. The van der Waals surface area contributed by atoms with Crippen molar-refractivity contribution in [1.29, 1.82) is 0 Å². The summed E-state index contributed by atoms with van der Waals surface area (Å²) in [6, 6.07) is 6.66. The molecule has 88 valence electrons. The fourth-order valence-corrected chi connectivity index (χ4v) is 1.59. The molecule has 0 fully saturated rings. The molecule has 17 heavy (non-hydrogen) atoms. The molecule has 0 N–H and O–H groups in total. The molecule has 0 aliphatic heterocycles. The molecule has 1 aromatic carbocycles. The third-order valence-electron chi connectivity index (χ3n) is 2.35. The number of aromatic nitrogens is 2. The number of hydrogen-bond acceptors (Lipinski definition) is 4. The van der Waals surface area contributed by atoms with Gasteiger partial charge in [0, 0.05) is 6.20 Å². The van der Waals surface area contributed by atoms with Crippen molar-refractivity contribution in [2.75, 3.05) is 7.11 Å². The highest BCUT2D eigenvalue weighted by atomic mass is 16.6. The van der Waals surface area contributed by atoms with Crippen LogP contribution in [0.3, 0.4) is 0 Å². The van der Waals surface area contributed by atoms with Gasteiger partial charge in [0.1, 0.15) is 5.69 Å². The molecule has 0 aliphatic rings. The molecule has 2 aromatic rings. The molecule has 6 nitrogen and oxygen atoms in total. The van der Waals surface area contributed by atoms with Crippen molar-refractivity contribution in [2.24, 2.45) is 0 Å². The number of nitro groups is 1. The van der Waals surface area contributed by atoms with Crippen molar-refractivity contribution in [1.82, 2.24) is 9.78 Å². The Morgan fingerprint density at radius 2 is 2.18 bits per heavy atom. The summed E-state index contributed by atoms with van der Waals surface area (Å²) < 4.78 is 6.46. The third kappa shape index (κ3) is 1.96. The van der Waals surface area contributed by atoms with E-state index in [-0.39, 0.29) is 11.4 Å². The number of hydrogen-bond donors (Lipinski definition) is 0. The normalized spacial score (nSPS) is 10.2. The van der Waals surface area contributed by atoms with E-state index in [0.29, 0.717) is 5.69 Å². The second-order valence-electron chi connectivity index (χ2n) is 3.49. The predicted octanol–water partition coefficient (Wildman–Crippen LogP) is 2.10. The quantitative estimate of drug-likeness (QED) is 0.601. The summed E-state index contributed by atoms with van der Waals surface area (Å²) in [6.07, 6.45) is 1.68. The number of aryl methyl sites for hydroxylation is 1. The lowest BCUT2D eigenvalue weighted by Crippen LogP contribution is -2.02. The Bertz CT molecular complexity index is 563. The van der Waals surface area contributed by atoms with Gasteiger partial charge in [0.25, 0.3) is 0 Å². The average molecular weight is 233 g/mol. The molecule has 0 saturated heterocycles. The first-order valence-electron chi connectivity index (χ1n) is 4.97. The van der Waals surface area contributed by atoms with E-state index in [1.165, 1.54) is 11.8 Å². The highest BCUT2D eigenvalue weighted by Crippen LogP contribution is 2.32. The summed E-state index contributed by atoms with van der Waals surface area (Å²) >= 11 is 0. The zero-order valence-electron chi connectivity index (χ0n) is 9.45. The Morgan fingerprint density at radius 1 is 1.41 bits per heavy atom. The van der Waals surface area contributed by atoms with Crippen molar-refractivity contribution < 1.29 is 9.66 Å². The topological polar surface area (TPSA) is 70.2 Å². The second-order valence-corrected chi connectivity index (χ2v) is 3.49. The van der Waals surface area contributed by atoms with Crippen molar-refractivity contribution in [3.8, 4) is 11.4 Å². The van der Waals surface area contributed by atoms with Crippen LogP contribution in [0.5, 0.6) is 5.75 Å². The second kappa shape index (κ2) is 4.25. The summed E-state index contributed by atoms with van der Waals surface area (Å²) in [6.45, 7) is 1.82. The molecule has 0 amide bonds. The van der Waals surface area contributed by atoms with E-state index in [0.717, 1.165) is 5.69 Å². The van der Waals surface area contributed by atoms with Crippen LogP contribution in [-0.4, -0.2) is 21.8 Å². The van der Waals surface area contributed by atoms with Crippen molar-refractivity contribution in [3.63, 3.8) is 0 Å². The maximum absolute atomic E-state index is 11.1. The number of ether oxygens (including phenoxy) is 1. The highest BCUT2D eigenvalue weighted by molar-refractivity contribution is 5.61. The number of benzene rings is 1. The van der Waals surface area contributed by atoms with Gasteiger partial charge >= 0.3 is 5.69 Å². The first-order chi connectivity index (χ1) is 8.13. The predicted molar refractivity (Wildman–Crippen MR) is 61.5 cm³/mol. The van der Waals surface area contributed by atoms with Gasteiger partial charge in [0.05, 0.1) is 17.7 Å². The van der Waals surface area contributed by atoms with Crippen LogP contribution in [0.4, 0.5) is 5.69 Å². The molecular weight excluding hydrogens is 222 g/mol.